The molecule has 0 aliphatic heterocycles. The lowest BCUT2D eigenvalue weighted by Gasteiger charge is -2.32. The minimum absolute atomic E-state index is 0.00953. The van der Waals surface area contributed by atoms with E-state index in [1.54, 1.807) is 27.7 Å². The number of aliphatic hydroxyl groups is 1. The van der Waals surface area contributed by atoms with Gasteiger partial charge in [-0.15, -0.1) is 0 Å². The summed E-state index contributed by atoms with van der Waals surface area (Å²) in [5.41, 5.74) is -1.95. The third-order valence-corrected chi connectivity index (χ3v) is 3.60. The van der Waals surface area contributed by atoms with E-state index in [2.05, 4.69) is 9.97 Å². The number of carbonyl (C=O) groups excluding carboxylic acids is 2. The topological polar surface area (TPSA) is 133 Å². The Kier molecular flexibility index (Phi) is 7.76. The van der Waals surface area contributed by atoms with Crippen molar-refractivity contribution in [1.82, 2.24) is 14.9 Å². The number of carbonyl (C=O) groups is 2. The van der Waals surface area contributed by atoms with Crippen LogP contribution in [0, 0.1) is 0 Å². The second kappa shape index (κ2) is 9.33. The van der Waals surface area contributed by atoms with Crippen LogP contribution >= 0.6 is 0 Å². The average Bonchev–Trinajstić information content (AvgIpc) is 2.55. The summed E-state index contributed by atoms with van der Waals surface area (Å²) in [4.78, 5) is 43.3. The van der Waals surface area contributed by atoms with E-state index >= 15 is 0 Å². The van der Waals surface area contributed by atoms with E-state index in [0.29, 0.717) is 19.3 Å². The Morgan fingerprint density at radius 2 is 2.04 bits per heavy atom. The first-order valence-electron chi connectivity index (χ1n) is 8.53. The predicted molar refractivity (Wildman–Crippen MR) is 94.2 cm³/mol. The zero-order chi connectivity index (χ0) is 19.9. The van der Waals surface area contributed by atoms with Crippen LogP contribution in [0.15, 0.2) is 4.79 Å². The normalized spacial score (nSPS) is 12.5. The van der Waals surface area contributed by atoms with Crippen LogP contribution in [0.2, 0.25) is 0 Å². The van der Waals surface area contributed by atoms with Crippen molar-refractivity contribution in [2.24, 2.45) is 0 Å². The van der Waals surface area contributed by atoms with E-state index in [1.165, 1.54) is 4.90 Å². The third kappa shape index (κ3) is 5.83. The molecule has 1 aromatic rings. The fourth-order valence-corrected chi connectivity index (χ4v) is 2.43. The molecule has 26 heavy (non-hydrogen) atoms. The molecule has 1 aromatic heterocycles. The van der Waals surface area contributed by atoms with E-state index in [4.69, 9.17) is 9.84 Å². The number of hydrogen-bond acceptors (Lipinski definition) is 7. The zero-order valence-electron chi connectivity index (χ0n) is 15.6. The maximum absolute atomic E-state index is 12.6. The van der Waals surface area contributed by atoms with Gasteiger partial charge in [-0.3, -0.25) is 14.5 Å². The molecule has 1 amide bonds. The van der Waals surface area contributed by atoms with Crippen molar-refractivity contribution in [3.8, 4) is 5.75 Å². The van der Waals surface area contributed by atoms with Gasteiger partial charge in [0, 0.05) is 13.2 Å². The summed E-state index contributed by atoms with van der Waals surface area (Å²) in [7, 11) is 0. The van der Waals surface area contributed by atoms with E-state index in [1.807, 2.05) is 0 Å². The minimum atomic E-state index is -0.857. The number of H-pyrrole nitrogens is 1. The van der Waals surface area contributed by atoms with E-state index < -0.39 is 34.7 Å². The van der Waals surface area contributed by atoms with Crippen LogP contribution in [0.5, 0.6) is 5.75 Å². The van der Waals surface area contributed by atoms with Gasteiger partial charge in [0.15, 0.2) is 12.0 Å². The molecule has 3 N–H and O–H groups in total. The Morgan fingerprint density at radius 1 is 1.38 bits per heavy atom. The van der Waals surface area contributed by atoms with Crippen LogP contribution in [-0.4, -0.2) is 56.2 Å². The number of ether oxygens (including phenoxy) is 1. The molecule has 0 saturated carbocycles. The molecule has 0 aliphatic carbocycles. The second-order valence-corrected chi connectivity index (χ2v) is 6.80. The summed E-state index contributed by atoms with van der Waals surface area (Å²) in [5.74, 6) is -0.682. The maximum Gasteiger partial charge on any atom is 0.410 e. The highest BCUT2D eigenvalue weighted by atomic mass is 16.6. The number of rotatable bonds is 8. The van der Waals surface area contributed by atoms with Crippen molar-refractivity contribution >= 4 is 12.4 Å². The van der Waals surface area contributed by atoms with Crippen LogP contribution < -0.4 is 5.56 Å². The van der Waals surface area contributed by atoms with Crippen molar-refractivity contribution in [3.05, 3.63) is 21.9 Å². The van der Waals surface area contributed by atoms with Gasteiger partial charge in [-0.05, 0) is 47.0 Å². The number of aromatic amines is 1. The molecule has 1 rings (SSSR count). The summed E-state index contributed by atoms with van der Waals surface area (Å²) in [5, 5.41) is 18.6. The van der Waals surface area contributed by atoms with Gasteiger partial charge in [0.25, 0.3) is 5.56 Å². The zero-order valence-corrected chi connectivity index (χ0v) is 15.6. The van der Waals surface area contributed by atoms with E-state index in [9.17, 15) is 19.5 Å². The molecule has 0 fully saturated rings. The molecule has 0 saturated heterocycles. The SMILES string of the molecule is CCN(C(=O)OC(C)(C)C)C(CCCCO)c1nc(C=O)c(O)c(=O)[nH]1. The first kappa shape index (κ1) is 21.6. The lowest BCUT2D eigenvalue weighted by molar-refractivity contribution is 0.0149. The molecule has 0 spiro atoms. The van der Waals surface area contributed by atoms with Crippen molar-refractivity contribution in [2.75, 3.05) is 13.2 Å². The number of aromatic nitrogens is 2. The van der Waals surface area contributed by atoms with E-state index in [0.717, 1.165) is 0 Å². The van der Waals surface area contributed by atoms with Crippen molar-refractivity contribution in [2.45, 2.75) is 58.6 Å². The molecule has 0 bridgehead atoms. The smallest absolute Gasteiger partial charge is 0.410 e. The van der Waals surface area contributed by atoms with Crippen molar-refractivity contribution in [3.63, 3.8) is 0 Å². The molecule has 0 aliphatic rings. The van der Waals surface area contributed by atoms with Crippen LogP contribution in [-0.2, 0) is 4.74 Å². The minimum Gasteiger partial charge on any atom is -0.501 e. The number of aromatic hydroxyl groups is 1. The number of hydrogen-bond donors (Lipinski definition) is 3. The first-order chi connectivity index (χ1) is 12.1. The van der Waals surface area contributed by atoms with Gasteiger partial charge in [-0.25, -0.2) is 9.78 Å². The molecule has 146 valence electrons. The molecule has 1 atom stereocenters. The number of unbranched alkanes of at least 4 members (excludes halogenated alkanes) is 1. The molecule has 9 heteroatoms. The number of nitrogens with zero attached hydrogens (tertiary/aromatic N) is 2. The Bertz CT molecular complexity index is 680. The quantitative estimate of drug-likeness (QED) is 0.469. The monoisotopic (exact) mass is 369 g/mol. The highest BCUT2D eigenvalue weighted by Crippen LogP contribution is 2.26. The summed E-state index contributed by atoms with van der Waals surface area (Å²) >= 11 is 0. The van der Waals surface area contributed by atoms with Crippen LogP contribution in [0.3, 0.4) is 0 Å². The number of aliphatic hydroxyl groups excluding tert-OH is 1. The number of aldehydes is 1. The van der Waals surface area contributed by atoms with Gasteiger partial charge >= 0.3 is 6.09 Å². The van der Waals surface area contributed by atoms with Gasteiger partial charge in [0.05, 0.1) is 6.04 Å². The lowest BCUT2D eigenvalue weighted by atomic mass is 10.1. The first-order valence-corrected chi connectivity index (χ1v) is 8.53. The Morgan fingerprint density at radius 3 is 2.54 bits per heavy atom. The predicted octanol–water partition coefficient (Wildman–Crippen LogP) is 1.75. The second-order valence-electron chi connectivity index (χ2n) is 6.80. The van der Waals surface area contributed by atoms with E-state index in [-0.39, 0.29) is 25.3 Å². The summed E-state index contributed by atoms with van der Waals surface area (Å²) < 4.78 is 5.41. The summed E-state index contributed by atoms with van der Waals surface area (Å²) in [6, 6.07) is -0.673. The maximum atomic E-state index is 12.6. The standard InChI is InChI=1S/C17H27N3O6/c1-5-20(16(25)26-17(2,3)4)12(8-6-7-9-21)14-18-11(10-22)13(23)15(24)19-14/h10,12,21,23H,5-9H2,1-4H3,(H,18,19,24). The molecule has 1 unspecified atom stereocenters. The molecule has 1 heterocycles. The number of nitrogens with one attached hydrogen (secondary N) is 1. The molecular formula is C17H27N3O6. The van der Waals surface area contributed by atoms with Crippen molar-refractivity contribution in [1.29, 1.82) is 0 Å². The Labute approximate surface area is 152 Å². The number of amides is 1. The van der Waals surface area contributed by atoms with Crippen LogP contribution in [0.4, 0.5) is 4.79 Å². The molecule has 9 nitrogen and oxygen atoms in total. The fourth-order valence-electron chi connectivity index (χ4n) is 2.43. The highest BCUT2D eigenvalue weighted by molar-refractivity contribution is 5.75. The average molecular weight is 369 g/mol. The van der Waals surface area contributed by atoms with Gasteiger partial charge in [0.1, 0.15) is 11.4 Å². The largest absolute Gasteiger partial charge is 0.501 e. The molecule has 0 aromatic carbocycles. The molecular weight excluding hydrogens is 342 g/mol. The Balaban J connectivity index is 3.29. The highest BCUT2D eigenvalue weighted by Gasteiger charge is 2.30. The Hall–Kier alpha value is -2.42. The van der Waals surface area contributed by atoms with Gasteiger partial charge in [-0.2, -0.15) is 0 Å². The van der Waals surface area contributed by atoms with Gasteiger partial charge in [-0.1, -0.05) is 0 Å². The summed E-state index contributed by atoms with van der Waals surface area (Å²) in [6.07, 6.45) is 1.15. The molecule has 0 radical (unpaired) electrons. The van der Waals surface area contributed by atoms with Gasteiger partial charge in [0.2, 0.25) is 5.75 Å². The third-order valence-electron chi connectivity index (χ3n) is 3.60. The lowest BCUT2D eigenvalue weighted by Crippen LogP contribution is -2.40. The van der Waals surface area contributed by atoms with Crippen molar-refractivity contribution < 1.29 is 24.5 Å². The van der Waals surface area contributed by atoms with Gasteiger partial charge < -0.3 is 19.9 Å². The fraction of sp³-hybridized carbons (Fsp3) is 0.647. The summed E-state index contributed by atoms with van der Waals surface area (Å²) in [6.45, 7) is 7.24. The van der Waals surface area contributed by atoms with Crippen LogP contribution in [0.25, 0.3) is 0 Å². The van der Waals surface area contributed by atoms with Crippen LogP contribution in [0.1, 0.15) is 69.3 Å².